The average molecular weight is 249 g/mol. The summed E-state index contributed by atoms with van der Waals surface area (Å²) in [5.74, 6) is -3.46. The zero-order valence-corrected chi connectivity index (χ0v) is 8.99. The minimum absolute atomic E-state index is 0.0312. The Morgan fingerprint density at radius 3 is 2.65 bits per heavy atom. The molecule has 96 valence electrons. The Morgan fingerprint density at radius 2 is 2.18 bits per heavy atom. The molecular formula is C9H13F2N3O3. The second-order valence-corrected chi connectivity index (χ2v) is 3.98. The number of alkyl halides is 2. The number of amidine groups is 1. The predicted octanol–water partition coefficient (Wildman–Crippen LogP) is -0.810. The predicted molar refractivity (Wildman–Crippen MR) is 53.9 cm³/mol. The molecule has 0 spiro atoms. The number of aliphatic hydroxyl groups excluding tert-OH is 2. The molecular weight excluding hydrogens is 236 g/mol. The van der Waals surface area contributed by atoms with E-state index in [-0.39, 0.29) is 5.84 Å². The number of ether oxygens (including phenoxy) is 1. The van der Waals surface area contributed by atoms with Crippen molar-refractivity contribution in [1.82, 2.24) is 4.90 Å². The van der Waals surface area contributed by atoms with Crippen molar-refractivity contribution in [1.29, 1.82) is 0 Å². The van der Waals surface area contributed by atoms with E-state index < -0.39 is 30.7 Å². The molecule has 2 rings (SSSR count). The molecule has 2 aliphatic heterocycles. The molecule has 0 saturated carbocycles. The van der Waals surface area contributed by atoms with Gasteiger partial charge < -0.3 is 25.6 Å². The molecule has 4 N–H and O–H groups in total. The van der Waals surface area contributed by atoms with Crippen molar-refractivity contribution >= 4 is 5.84 Å². The van der Waals surface area contributed by atoms with Crippen molar-refractivity contribution < 1.29 is 23.7 Å². The van der Waals surface area contributed by atoms with Gasteiger partial charge in [-0.15, -0.1) is 0 Å². The maximum Gasteiger partial charge on any atom is 0.319 e. The summed E-state index contributed by atoms with van der Waals surface area (Å²) in [5.41, 5.74) is 5.31. The van der Waals surface area contributed by atoms with E-state index in [1.807, 2.05) is 0 Å². The first-order chi connectivity index (χ1) is 7.84. The second-order valence-electron chi connectivity index (χ2n) is 3.98. The van der Waals surface area contributed by atoms with E-state index >= 15 is 0 Å². The van der Waals surface area contributed by atoms with Crippen LogP contribution in [0.15, 0.2) is 17.3 Å². The zero-order valence-electron chi connectivity index (χ0n) is 8.99. The van der Waals surface area contributed by atoms with Crippen LogP contribution in [0.4, 0.5) is 8.78 Å². The number of hydrogen-bond donors (Lipinski definition) is 3. The smallest absolute Gasteiger partial charge is 0.319 e. The molecule has 2 heterocycles. The second kappa shape index (κ2) is 3.90. The van der Waals surface area contributed by atoms with Gasteiger partial charge in [-0.1, -0.05) is 0 Å². The van der Waals surface area contributed by atoms with Gasteiger partial charge in [-0.05, 0) is 13.0 Å². The van der Waals surface area contributed by atoms with Crippen molar-refractivity contribution in [2.24, 2.45) is 10.7 Å². The summed E-state index contributed by atoms with van der Waals surface area (Å²) in [6.45, 7) is 1.33. The third kappa shape index (κ3) is 1.88. The lowest BCUT2D eigenvalue weighted by Gasteiger charge is -2.34. The minimum Gasteiger partial charge on any atom is -0.384 e. The fourth-order valence-electron chi connectivity index (χ4n) is 1.78. The van der Waals surface area contributed by atoms with Crippen LogP contribution in [0.5, 0.6) is 0 Å². The molecule has 0 aromatic carbocycles. The van der Waals surface area contributed by atoms with Gasteiger partial charge in [-0.3, -0.25) is 0 Å². The van der Waals surface area contributed by atoms with Crippen LogP contribution in [0, 0.1) is 0 Å². The van der Waals surface area contributed by atoms with E-state index in [1.165, 1.54) is 13.0 Å². The van der Waals surface area contributed by atoms with Gasteiger partial charge in [0.15, 0.2) is 0 Å². The summed E-state index contributed by atoms with van der Waals surface area (Å²) in [6, 6.07) is 0. The Bertz CT molecular complexity index is 374. The molecule has 17 heavy (non-hydrogen) atoms. The van der Waals surface area contributed by atoms with E-state index in [0.717, 1.165) is 11.1 Å². The van der Waals surface area contributed by atoms with Crippen LogP contribution in [-0.2, 0) is 4.74 Å². The summed E-state index contributed by atoms with van der Waals surface area (Å²) in [6.07, 6.45) is -3.84. The summed E-state index contributed by atoms with van der Waals surface area (Å²) in [7, 11) is 0. The zero-order chi connectivity index (χ0) is 12.8. The highest BCUT2D eigenvalue weighted by molar-refractivity contribution is 5.91. The Morgan fingerprint density at radius 1 is 1.53 bits per heavy atom. The highest BCUT2D eigenvalue weighted by Crippen LogP contribution is 2.38. The number of aliphatic hydroxyl groups is 2. The first-order valence-electron chi connectivity index (χ1n) is 5.02. The van der Waals surface area contributed by atoms with Gasteiger partial charge in [0, 0.05) is 6.20 Å². The molecule has 6 nitrogen and oxygen atoms in total. The topological polar surface area (TPSA) is 91.3 Å². The van der Waals surface area contributed by atoms with E-state index in [2.05, 4.69) is 4.99 Å². The Labute approximate surface area is 96.0 Å². The van der Waals surface area contributed by atoms with Gasteiger partial charge in [-0.25, -0.2) is 4.99 Å². The normalized spacial score (nSPS) is 40.5. The molecule has 0 amide bonds. The van der Waals surface area contributed by atoms with Crippen molar-refractivity contribution in [3.63, 3.8) is 0 Å². The molecule has 0 radical (unpaired) electrons. The van der Waals surface area contributed by atoms with Gasteiger partial charge >= 0.3 is 5.92 Å². The molecule has 0 bridgehead atoms. The minimum atomic E-state index is -3.49. The molecule has 1 fully saturated rings. The van der Waals surface area contributed by atoms with E-state index in [0.29, 0.717) is 0 Å². The van der Waals surface area contributed by atoms with Crippen LogP contribution in [0.3, 0.4) is 0 Å². The van der Waals surface area contributed by atoms with Crippen LogP contribution >= 0.6 is 0 Å². The molecule has 4 atom stereocenters. The van der Waals surface area contributed by atoms with Crippen LogP contribution in [0.25, 0.3) is 0 Å². The molecule has 0 aromatic heterocycles. The standard InChI is InChI=1S/C9H13F2N3O3/c1-4-6(15)9(10,11)7(17-4)14-3-2-5(12)13-8(14)16/h2-4,6-8,15-16H,1H3,(H2,12,13)/t4-,6?,7-,8?/m1/s1. The van der Waals surface area contributed by atoms with E-state index in [9.17, 15) is 19.0 Å². The highest BCUT2D eigenvalue weighted by atomic mass is 19.3. The number of rotatable bonds is 1. The lowest BCUT2D eigenvalue weighted by molar-refractivity contribution is -0.185. The maximum absolute atomic E-state index is 13.7. The molecule has 2 unspecified atom stereocenters. The Balaban J connectivity index is 2.22. The number of hydrogen-bond acceptors (Lipinski definition) is 6. The SMILES string of the molecule is C[C@H]1O[C@@H](N2C=CC(N)=NC2O)C(F)(F)C1O. The van der Waals surface area contributed by atoms with Crippen molar-refractivity contribution in [3.8, 4) is 0 Å². The van der Waals surface area contributed by atoms with E-state index in [1.54, 1.807) is 0 Å². The van der Waals surface area contributed by atoms with Crippen LogP contribution in [-0.4, -0.2) is 51.7 Å². The van der Waals surface area contributed by atoms with Crippen LogP contribution < -0.4 is 5.73 Å². The van der Waals surface area contributed by atoms with Gasteiger partial charge in [0.1, 0.15) is 11.9 Å². The first-order valence-corrected chi connectivity index (χ1v) is 5.02. The van der Waals surface area contributed by atoms with E-state index in [4.69, 9.17) is 10.5 Å². The summed E-state index contributed by atoms with van der Waals surface area (Å²) >= 11 is 0. The van der Waals surface area contributed by atoms with Crippen molar-refractivity contribution in [2.45, 2.75) is 37.6 Å². The first kappa shape index (κ1) is 12.2. The number of nitrogens with zero attached hydrogens (tertiary/aromatic N) is 2. The fraction of sp³-hybridized carbons (Fsp3) is 0.667. The summed E-state index contributed by atoms with van der Waals surface area (Å²) < 4.78 is 32.3. The monoisotopic (exact) mass is 249 g/mol. The number of aliphatic imine (C=N–C) groups is 1. The maximum atomic E-state index is 13.7. The lowest BCUT2D eigenvalue weighted by atomic mass is 10.1. The molecule has 8 heteroatoms. The molecule has 1 saturated heterocycles. The largest absolute Gasteiger partial charge is 0.384 e. The third-order valence-electron chi connectivity index (χ3n) is 2.73. The third-order valence-corrected chi connectivity index (χ3v) is 2.73. The fourth-order valence-corrected chi connectivity index (χ4v) is 1.78. The molecule has 0 aliphatic carbocycles. The number of halogens is 2. The van der Waals surface area contributed by atoms with Gasteiger partial charge in [0.05, 0.1) is 6.10 Å². The summed E-state index contributed by atoms with van der Waals surface area (Å²) in [4.78, 5) is 4.33. The Hall–Kier alpha value is -1.25. The molecule has 0 aromatic rings. The number of nitrogens with two attached hydrogens (primary N) is 1. The van der Waals surface area contributed by atoms with Crippen molar-refractivity contribution in [3.05, 3.63) is 12.3 Å². The lowest BCUT2D eigenvalue weighted by Crippen LogP contribution is -2.51. The van der Waals surface area contributed by atoms with Gasteiger partial charge in [-0.2, -0.15) is 8.78 Å². The highest BCUT2D eigenvalue weighted by Gasteiger charge is 2.59. The quantitative estimate of drug-likeness (QED) is 0.565. The van der Waals surface area contributed by atoms with Gasteiger partial charge in [0.25, 0.3) is 0 Å². The van der Waals surface area contributed by atoms with Crippen LogP contribution in [0.2, 0.25) is 0 Å². The summed E-state index contributed by atoms with van der Waals surface area (Å²) in [5, 5.41) is 18.8. The Kier molecular flexibility index (Phi) is 2.80. The van der Waals surface area contributed by atoms with Crippen molar-refractivity contribution in [2.75, 3.05) is 0 Å². The molecule has 2 aliphatic rings. The average Bonchev–Trinajstić information content (AvgIpc) is 2.43. The van der Waals surface area contributed by atoms with Crippen LogP contribution in [0.1, 0.15) is 6.92 Å². The van der Waals surface area contributed by atoms with Gasteiger partial charge in [0.2, 0.25) is 12.6 Å².